The molecule has 0 unspecified atom stereocenters. The molecule has 0 radical (unpaired) electrons. The highest BCUT2D eigenvalue weighted by atomic mass is 127. The van der Waals surface area contributed by atoms with Crippen molar-refractivity contribution in [2.24, 2.45) is 12.0 Å². The van der Waals surface area contributed by atoms with Crippen LogP contribution in [0.4, 0.5) is 5.69 Å². The maximum Gasteiger partial charge on any atom is 0.246 e. The minimum Gasteiger partial charge on any atom is -0.492 e. The molecule has 1 aliphatic rings. The van der Waals surface area contributed by atoms with E-state index in [1.165, 1.54) is 0 Å². The Bertz CT molecular complexity index is 764. The number of halogens is 1. The fraction of sp³-hybridized carbons (Fsp3) is 0.389. The number of anilines is 1. The fourth-order valence-corrected chi connectivity index (χ4v) is 2.86. The van der Waals surface area contributed by atoms with E-state index in [9.17, 15) is 4.79 Å². The molecular formula is C18H25IN6O2. The van der Waals surface area contributed by atoms with E-state index in [1.807, 2.05) is 48.5 Å². The van der Waals surface area contributed by atoms with Crippen LogP contribution >= 0.6 is 24.0 Å². The summed E-state index contributed by atoms with van der Waals surface area (Å²) < 4.78 is 7.36. The Balaban J connectivity index is 0.00000261. The lowest BCUT2D eigenvalue weighted by molar-refractivity contribution is -0.120. The molecule has 1 aromatic carbocycles. The average Bonchev–Trinajstić information content (AvgIpc) is 3.08. The number of rotatable bonds is 5. The Morgan fingerprint density at radius 1 is 1.30 bits per heavy atom. The number of hydrogen-bond donors (Lipinski definition) is 1. The van der Waals surface area contributed by atoms with Gasteiger partial charge in [0, 0.05) is 33.4 Å². The maximum atomic E-state index is 12.5. The lowest BCUT2D eigenvalue weighted by atomic mass is 10.3. The van der Waals surface area contributed by atoms with Crippen LogP contribution in [0.3, 0.4) is 0 Å². The number of piperazine rings is 1. The molecule has 3 rings (SSSR count). The van der Waals surface area contributed by atoms with E-state index < -0.39 is 0 Å². The summed E-state index contributed by atoms with van der Waals surface area (Å²) in [7, 11) is 3.56. The number of aromatic nitrogens is 2. The first-order valence-corrected chi connectivity index (χ1v) is 8.60. The maximum absolute atomic E-state index is 12.5. The highest BCUT2D eigenvalue weighted by Gasteiger charge is 2.27. The Labute approximate surface area is 176 Å². The summed E-state index contributed by atoms with van der Waals surface area (Å²) in [5.74, 6) is 1.58. The molecule has 27 heavy (non-hydrogen) atoms. The summed E-state index contributed by atoms with van der Waals surface area (Å²) in [5, 5.41) is 7.38. The molecule has 1 fully saturated rings. The fourth-order valence-electron chi connectivity index (χ4n) is 2.86. The summed E-state index contributed by atoms with van der Waals surface area (Å²) >= 11 is 0. The minimum atomic E-state index is 0. The first-order valence-electron chi connectivity index (χ1n) is 8.60. The summed E-state index contributed by atoms with van der Waals surface area (Å²) in [5.41, 5.74) is 0.830. The van der Waals surface area contributed by atoms with E-state index in [1.54, 1.807) is 22.8 Å². The third kappa shape index (κ3) is 5.59. The Hall–Kier alpha value is -2.30. The van der Waals surface area contributed by atoms with Crippen molar-refractivity contribution in [3.63, 3.8) is 0 Å². The quantitative estimate of drug-likeness (QED) is 0.300. The SMILES string of the molecule is CN=C(NCCOc1ccccc1)N1CCN(c2cnn(C)c2)C(=O)C1.I. The standard InChI is InChI=1S/C18H24N6O2.HI/c1-19-18(20-8-11-26-16-6-4-3-5-7-16)23-9-10-24(17(25)14-23)15-12-21-22(2)13-15;/h3-7,12-13H,8-11,14H2,1-2H3,(H,19,20);1H. The van der Waals surface area contributed by atoms with Crippen molar-refractivity contribution < 1.29 is 9.53 Å². The first kappa shape index (κ1) is 21.0. The molecule has 9 heteroatoms. The number of nitrogens with one attached hydrogen (secondary N) is 1. The predicted octanol–water partition coefficient (Wildman–Crippen LogP) is 1.34. The number of ether oxygens (including phenoxy) is 1. The zero-order chi connectivity index (χ0) is 18.4. The normalized spacial score (nSPS) is 14.7. The van der Waals surface area contributed by atoms with E-state index in [4.69, 9.17) is 4.74 Å². The van der Waals surface area contributed by atoms with Gasteiger partial charge in [0.15, 0.2) is 5.96 Å². The van der Waals surface area contributed by atoms with Gasteiger partial charge in [-0.05, 0) is 12.1 Å². The molecule has 0 aliphatic carbocycles. The molecule has 0 saturated carbocycles. The van der Waals surface area contributed by atoms with E-state index in [0.29, 0.717) is 32.2 Å². The predicted molar refractivity (Wildman–Crippen MR) is 116 cm³/mol. The number of nitrogens with zero attached hydrogens (tertiary/aromatic N) is 5. The number of carbonyl (C=O) groups excluding carboxylic acids is 1. The first-order chi connectivity index (χ1) is 12.7. The van der Waals surface area contributed by atoms with Crippen LogP contribution in [0, 0.1) is 0 Å². The van der Waals surface area contributed by atoms with Gasteiger partial charge in [-0.15, -0.1) is 24.0 Å². The van der Waals surface area contributed by atoms with Crippen LogP contribution in [0.15, 0.2) is 47.7 Å². The molecule has 146 valence electrons. The van der Waals surface area contributed by atoms with Crippen molar-refractivity contribution in [1.29, 1.82) is 0 Å². The van der Waals surface area contributed by atoms with Crippen LogP contribution < -0.4 is 15.0 Å². The van der Waals surface area contributed by atoms with Crippen LogP contribution in [-0.2, 0) is 11.8 Å². The largest absolute Gasteiger partial charge is 0.492 e. The number of amides is 1. The van der Waals surface area contributed by atoms with Gasteiger partial charge < -0.3 is 19.9 Å². The number of hydrogen-bond acceptors (Lipinski definition) is 4. The molecule has 1 saturated heterocycles. The highest BCUT2D eigenvalue weighted by Crippen LogP contribution is 2.16. The van der Waals surface area contributed by atoms with Crippen molar-refractivity contribution in [3.05, 3.63) is 42.7 Å². The zero-order valence-corrected chi connectivity index (χ0v) is 17.9. The van der Waals surface area contributed by atoms with Gasteiger partial charge in [-0.1, -0.05) is 18.2 Å². The second-order valence-corrected chi connectivity index (χ2v) is 5.97. The van der Waals surface area contributed by atoms with Crippen molar-refractivity contribution >= 4 is 41.5 Å². The third-order valence-corrected chi connectivity index (χ3v) is 4.13. The van der Waals surface area contributed by atoms with Crippen LogP contribution in [0.1, 0.15) is 0 Å². The van der Waals surface area contributed by atoms with E-state index in [2.05, 4.69) is 15.4 Å². The molecule has 0 bridgehead atoms. The molecule has 1 N–H and O–H groups in total. The van der Waals surface area contributed by atoms with Gasteiger partial charge in [0.25, 0.3) is 0 Å². The number of aliphatic imine (C=N–C) groups is 1. The lowest BCUT2D eigenvalue weighted by Crippen LogP contribution is -2.55. The third-order valence-electron chi connectivity index (χ3n) is 4.13. The number of aryl methyl sites for hydroxylation is 1. The molecule has 0 atom stereocenters. The van der Waals surface area contributed by atoms with Crippen molar-refractivity contribution in [3.8, 4) is 5.75 Å². The molecule has 1 aromatic heterocycles. The highest BCUT2D eigenvalue weighted by molar-refractivity contribution is 14.0. The molecule has 1 aliphatic heterocycles. The molecule has 2 heterocycles. The van der Waals surface area contributed by atoms with Crippen molar-refractivity contribution in [1.82, 2.24) is 20.0 Å². The van der Waals surface area contributed by atoms with Gasteiger partial charge in [-0.25, -0.2) is 0 Å². The van der Waals surface area contributed by atoms with Crippen LogP contribution in [0.25, 0.3) is 0 Å². The molecular weight excluding hydrogens is 459 g/mol. The summed E-state index contributed by atoms with van der Waals surface area (Å²) in [6, 6.07) is 9.68. The van der Waals surface area contributed by atoms with Gasteiger partial charge in [0.05, 0.1) is 18.4 Å². The zero-order valence-electron chi connectivity index (χ0n) is 15.5. The minimum absolute atomic E-state index is 0. The summed E-state index contributed by atoms with van der Waals surface area (Å²) in [6.07, 6.45) is 3.56. The molecule has 2 aromatic rings. The molecule has 8 nitrogen and oxygen atoms in total. The summed E-state index contributed by atoms with van der Waals surface area (Å²) in [6.45, 7) is 2.73. The molecule has 0 spiro atoms. The average molecular weight is 484 g/mol. The Morgan fingerprint density at radius 2 is 2.07 bits per heavy atom. The van der Waals surface area contributed by atoms with Crippen molar-refractivity contribution in [2.45, 2.75) is 0 Å². The van der Waals surface area contributed by atoms with Gasteiger partial charge in [-0.3, -0.25) is 14.5 Å². The van der Waals surface area contributed by atoms with Crippen LogP contribution in [0.5, 0.6) is 5.75 Å². The van der Waals surface area contributed by atoms with Crippen LogP contribution in [0.2, 0.25) is 0 Å². The van der Waals surface area contributed by atoms with E-state index >= 15 is 0 Å². The van der Waals surface area contributed by atoms with Crippen molar-refractivity contribution in [2.75, 3.05) is 44.7 Å². The van der Waals surface area contributed by atoms with Gasteiger partial charge >= 0.3 is 0 Å². The second-order valence-electron chi connectivity index (χ2n) is 5.97. The Kier molecular flexibility index (Phi) is 7.89. The smallest absolute Gasteiger partial charge is 0.246 e. The lowest BCUT2D eigenvalue weighted by Gasteiger charge is -2.35. The molecule has 1 amide bonds. The summed E-state index contributed by atoms with van der Waals surface area (Å²) in [4.78, 5) is 20.5. The van der Waals surface area contributed by atoms with E-state index in [0.717, 1.165) is 11.4 Å². The van der Waals surface area contributed by atoms with Gasteiger partial charge in [-0.2, -0.15) is 5.10 Å². The number of carbonyl (C=O) groups is 1. The number of guanidine groups is 1. The Morgan fingerprint density at radius 3 is 2.70 bits per heavy atom. The number of benzene rings is 1. The van der Waals surface area contributed by atoms with Gasteiger partial charge in [0.2, 0.25) is 5.91 Å². The van der Waals surface area contributed by atoms with Gasteiger partial charge in [0.1, 0.15) is 18.9 Å². The topological polar surface area (TPSA) is 75.0 Å². The monoisotopic (exact) mass is 484 g/mol. The number of para-hydroxylation sites is 1. The van der Waals surface area contributed by atoms with E-state index in [-0.39, 0.29) is 36.4 Å². The second kappa shape index (κ2) is 10.1. The van der Waals surface area contributed by atoms with Crippen LogP contribution in [-0.4, -0.2) is 66.4 Å².